The molecular weight excluding hydrogens is 265 g/mol. The number of anilines is 2. The number of nitrogens with zero attached hydrogens (tertiary/aromatic N) is 2. The fraction of sp³-hybridized carbons (Fsp3) is 0.235. The fourth-order valence-corrected chi connectivity index (χ4v) is 2.09. The molecule has 0 aliphatic carbocycles. The Morgan fingerprint density at radius 3 is 2.24 bits per heavy atom. The first kappa shape index (κ1) is 14.9. The Hall–Kier alpha value is -2.54. The van der Waals surface area contributed by atoms with Crippen LogP contribution in [0.15, 0.2) is 48.5 Å². The van der Waals surface area contributed by atoms with Gasteiger partial charge in [0.05, 0.1) is 11.8 Å². The molecule has 108 valence electrons. The van der Waals surface area contributed by atoms with E-state index in [0.717, 1.165) is 11.3 Å². The van der Waals surface area contributed by atoms with E-state index in [1.54, 1.807) is 25.1 Å². The summed E-state index contributed by atoms with van der Waals surface area (Å²) >= 11 is 0. The first-order valence-electron chi connectivity index (χ1n) is 6.68. The third-order valence-corrected chi connectivity index (χ3v) is 3.44. The van der Waals surface area contributed by atoms with E-state index in [1.165, 1.54) is 6.07 Å². The van der Waals surface area contributed by atoms with E-state index in [-0.39, 0.29) is 5.82 Å². The highest BCUT2D eigenvalue weighted by atomic mass is 19.1. The second kappa shape index (κ2) is 5.84. The number of hydrogen-bond donors (Lipinski definition) is 1. The van der Waals surface area contributed by atoms with Gasteiger partial charge < -0.3 is 10.2 Å². The molecule has 0 heterocycles. The van der Waals surface area contributed by atoms with E-state index in [0.29, 0.717) is 5.69 Å². The van der Waals surface area contributed by atoms with E-state index in [2.05, 4.69) is 11.4 Å². The summed E-state index contributed by atoms with van der Waals surface area (Å²) in [7, 11) is 3.91. The Morgan fingerprint density at radius 1 is 1.10 bits per heavy atom. The van der Waals surface area contributed by atoms with Crippen molar-refractivity contribution in [1.29, 1.82) is 5.26 Å². The molecular formula is C17H18FN3. The monoisotopic (exact) mass is 283 g/mol. The lowest BCUT2D eigenvalue weighted by molar-refractivity contribution is 0.617. The maximum atomic E-state index is 13.8. The van der Waals surface area contributed by atoms with E-state index in [9.17, 15) is 9.65 Å². The van der Waals surface area contributed by atoms with Crippen molar-refractivity contribution in [1.82, 2.24) is 0 Å². The van der Waals surface area contributed by atoms with Gasteiger partial charge in [0, 0.05) is 19.8 Å². The van der Waals surface area contributed by atoms with Gasteiger partial charge in [0.1, 0.15) is 11.4 Å². The average molecular weight is 283 g/mol. The predicted octanol–water partition coefficient (Wildman–Crippen LogP) is 3.74. The highest BCUT2D eigenvalue weighted by Crippen LogP contribution is 2.28. The Labute approximate surface area is 124 Å². The zero-order chi connectivity index (χ0) is 15.5. The molecule has 2 aromatic rings. The summed E-state index contributed by atoms with van der Waals surface area (Å²) in [5, 5.41) is 12.5. The molecule has 2 rings (SSSR count). The van der Waals surface area contributed by atoms with Crippen molar-refractivity contribution in [3.63, 3.8) is 0 Å². The number of para-hydroxylation sites is 1. The van der Waals surface area contributed by atoms with Crippen molar-refractivity contribution in [3.8, 4) is 6.07 Å². The van der Waals surface area contributed by atoms with E-state index in [1.807, 2.05) is 43.3 Å². The summed E-state index contributed by atoms with van der Waals surface area (Å²) in [6.45, 7) is 1.74. The third kappa shape index (κ3) is 3.14. The normalized spacial score (nSPS) is 13.1. The number of nitriles is 1. The van der Waals surface area contributed by atoms with Gasteiger partial charge in [-0.3, -0.25) is 0 Å². The molecule has 0 saturated heterocycles. The van der Waals surface area contributed by atoms with Gasteiger partial charge in [-0.05, 0) is 36.8 Å². The Morgan fingerprint density at radius 2 is 1.71 bits per heavy atom. The van der Waals surface area contributed by atoms with Crippen molar-refractivity contribution in [3.05, 3.63) is 59.9 Å². The molecule has 0 amide bonds. The number of halogens is 1. The largest absolute Gasteiger partial charge is 0.378 e. The molecule has 0 bridgehead atoms. The van der Waals surface area contributed by atoms with E-state index >= 15 is 0 Å². The van der Waals surface area contributed by atoms with Crippen molar-refractivity contribution in [2.45, 2.75) is 12.5 Å². The van der Waals surface area contributed by atoms with Crippen LogP contribution in [0.2, 0.25) is 0 Å². The second-order valence-corrected chi connectivity index (χ2v) is 5.28. The SMILES string of the molecule is CN(C)c1ccc(C(C)(C#N)Nc2ccccc2F)cc1. The Kier molecular flexibility index (Phi) is 4.13. The highest BCUT2D eigenvalue weighted by molar-refractivity contribution is 5.54. The smallest absolute Gasteiger partial charge is 0.148 e. The summed E-state index contributed by atoms with van der Waals surface area (Å²) in [5.74, 6) is -0.371. The first-order valence-corrected chi connectivity index (χ1v) is 6.68. The topological polar surface area (TPSA) is 39.1 Å². The molecule has 2 aromatic carbocycles. The van der Waals surface area contributed by atoms with Gasteiger partial charge in [0.15, 0.2) is 0 Å². The van der Waals surface area contributed by atoms with E-state index in [4.69, 9.17) is 0 Å². The molecule has 0 aliphatic rings. The zero-order valence-corrected chi connectivity index (χ0v) is 12.4. The molecule has 1 atom stereocenters. The van der Waals surface area contributed by atoms with Crippen LogP contribution >= 0.6 is 0 Å². The van der Waals surface area contributed by atoms with Gasteiger partial charge in [-0.2, -0.15) is 5.26 Å². The molecule has 0 fully saturated rings. The van der Waals surface area contributed by atoms with Crippen LogP contribution in [0.4, 0.5) is 15.8 Å². The van der Waals surface area contributed by atoms with Gasteiger partial charge >= 0.3 is 0 Å². The van der Waals surface area contributed by atoms with Gasteiger partial charge in [-0.25, -0.2) is 4.39 Å². The van der Waals surface area contributed by atoms with Crippen LogP contribution in [0, 0.1) is 17.1 Å². The summed E-state index contributed by atoms with van der Waals surface area (Å²) in [6.07, 6.45) is 0. The molecule has 1 N–H and O–H groups in total. The lowest BCUT2D eigenvalue weighted by Gasteiger charge is -2.26. The number of benzene rings is 2. The number of nitrogens with one attached hydrogen (secondary N) is 1. The molecule has 0 spiro atoms. The average Bonchev–Trinajstić information content (AvgIpc) is 2.49. The molecule has 1 unspecified atom stereocenters. The quantitative estimate of drug-likeness (QED) is 0.929. The second-order valence-electron chi connectivity index (χ2n) is 5.28. The third-order valence-electron chi connectivity index (χ3n) is 3.44. The molecule has 0 saturated carbocycles. The molecule has 0 aliphatic heterocycles. The fourth-order valence-electron chi connectivity index (χ4n) is 2.09. The first-order chi connectivity index (χ1) is 9.96. The summed E-state index contributed by atoms with van der Waals surface area (Å²) < 4.78 is 13.8. The summed E-state index contributed by atoms with van der Waals surface area (Å²) in [6, 6.07) is 16.2. The van der Waals surface area contributed by atoms with Crippen LogP contribution in [0.5, 0.6) is 0 Å². The van der Waals surface area contributed by atoms with Crippen LogP contribution < -0.4 is 10.2 Å². The minimum Gasteiger partial charge on any atom is -0.378 e. The molecule has 4 heteroatoms. The van der Waals surface area contributed by atoms with Gasteiger partial charge in [0.25, 0.3) is 0 Å². The Balaban J connectivity index is 2.33. The standard InChI is InChI=1S/C17H18FN3/c1-17(12-19,20-16-7-5-4-6-15(16)18)13-8-10-14(11-9-13)21(2)3/h4-11,20H,1-3H3. The minimum absolute atomic E-state index is 0.318. The molecule has 3 nitrogen and oxygen atoms in total. The van der Waals surface area contributed by atoms with Crippen LogP contribution in [0.3, 0.4) is 0 Å². The highest BCUT2D eigenvalue weighted by Gasteiger charge is 2.27. The lowest BCUT2D eigenvalue weighted by Crippen LogP contribution is -2.30. The maximum absolute atomic E-state index is 13.8. The molecule has 21 heavy (non-hydrogen) atoms. The van der Waals surface area contributed by atoms with E-state index < -0.39 is 5.54 Å². The molecule has 0 aromatic heterocycles. The maximum Gasteiger partial charge on any atom is 0.148 e. The van der Waals surface area contributed by atoms with Crippen LogP contribution in [0.25, 0.3) is 0 Å². The van der Waals surface area contributed by atoms with Crippen molar-refractivity contribution < 1.29 is 4.39 Å². The minimum atomic E-state index is -0.993. The van der Waals surface area contributed by atoms with Crippen molar-refractivity contribution in [2.75, 3.05) is 24.3 Å². The number of hydrogen-bond acceptors (Lipinski definition) is 3. The lowest BCUT2D eigenvalue weighted by atomic mass is 9.93. The van der Waals surface area contributed by atoms with Crippen LogP contribution in [-0.2, 0) is 5.54 Å². The van der Waals surface area contributed by atoms with Gasteiger partial charge in [-0.15, -0.1) is 0 Å². The summed E-state index contributed by atoms with van der Waals surface area (Å²) in [4.78, 5) is 1.98. The van der Waals surface area contributed by atoms with Crippen molar-refractivity contribution >= 4 is 11.4 Å². The van der Waals surface area contributed by atoms with Gasteiger partial charge in [-0.1, -0.05) is 24.3 Å². The zero-order valence-electron chi connectivity index (χ0n) is 12.4. The predicted molar refractivity (Wildman–Crippen MR) is 83.8 cm³/mol. The molecule has 0 radical (unpaired) electrons. The summed E-state index contributed by atoms with van der Waals surface area (Å²) in [5.41, 5.74) is 1.16. The van der Waals surface area contributed by atoms with Crippen molar-refractivity contribution in [2.24, 2.45) is 0 Å². The van der Waals surface area contributed by atoms with Crippen LogP contribution in [0.1, 0.15) is 12.5 Å². The number of rotatable bonds is 4. The van der Waals surface area contributed by atoms with Crippen LogP contribution in [-0.4, -0.2) is 14.1 Å². The Bertz CT molecular complexity index is 658. The van der Waals surface area contributed by atoms with Gasteiger partial charge in [0.2, 0.25) is 0 Å².